The van der Waals surface area contributed by atoms with Crippen molar-refractivity contribution < 1.29 is 19.7 Å². The van der Waals surface area contributed by atoms with Gasteiger partial charge in [-0.1, -0.05) is 61.4 Å². The maximum absolute atomic E-state index is 13.7. The second-order valence-electron chi connectivity index (χ2n) is 9.58. The van der Waals surface area contributed by atoms with Crippen LogP contribution in [0.4, 0.5) is 11.4 Å². The van der Waals surface area contributed by atoms with Crippen LogP contribution >= 0.6 is 0 Å². The predicted octanol–water partition coefficient (Wildman–Crippen LogP) is 6.81. The molecule has 180 valence electrons. The maximum atomic E-state index is 13.7. The Hall–Kier alpha value is -3.73. The molecule has 0 bridgehead atoms. The molecule has 35 heavy (non-hydrogen) atoms. The molecule has 0 aromatic heterocycles. The van der Waals surface area contributed by atoms with Crippen LogP contribution in [-0.4, -0.2) is 21.8 Å². The average Bonchev–Trinajstić information content (AvgIpc) is 3.43. The van der Waals surface area contributed by atoms with E-state index < -0.39 is 11.6 Å². The van der Waals surface area contributed by atoms with Crippen LogP contribution in [0.5, 0.6) is 5.75 Å². The Bertz CT molecular complexity index is 1140. The number of phenolic OH excluding ortho intramolecular Hbond substituents is 1. The summed E-state index contributed by atoms with van der Waals surface area (Å²) in [7, 11) is 0. The van der Waals surface area contributed by atoms with Gasteiger partial charge in [0.05, 0.1) is 0 Å². The SMILES string of the molecule is O=C1OC(CCc2ccc(O)cc2)(C2CCCC2)CC(O)=C1N(c1ccccc1)c1ccccc1. The Balaban J connectivity index is 1.51. The standard InChI is InChI=1S/C30H31NO4/c32-26-17-15-22(16-18-26)19-20-30(23-9-7-8-10-23)21-27(33)28(29(34)35-30)31(24-11-3-1-4-12-24)25-13-5-2-6-14-25/h1-6,11-18,23,32-33H,7-10,19-21H2. The number of benzene rings is 3. The molecular weight excluding hydrogens is 438 g/mol. The number of ether oxygens (including phenoxy) is 1. The molecule has 1 heterocycles. The van der Waals surface area contributed by atoms with Crippen LogP contribution in [0.15, 0.2) is 96.4 Å². The van der Waals surface area contributed by atoms with Crippen molar-refractivity contribution in [2.75, 3.05) is 4.90 Å². The number of phenols is 1. The number of aliphatic hydroxyl groups excluding tert-OH is 1. The molecule has 1 saturated carbocycles. The first-order valence-electron chi connectivity index (χ1n) is 12.4. The van der Waals surface area contributed by atoms with E-state index in [2.05, 4.69) is 0 Å². The minimum atomic E-state index is -0.738. The first kappa shape index (κ1) is 23.0. The lowest BCUT2D eigenvalue weighted by Crippen LogP contribution is -2.48. The smallest absolute Gasteiger partial charge is 0.359 e. The van der Waals surface area contributed by atoms with Crippen LogP contribution in [0.25, 0.3) is 0 Å². The topological polar surface area (TPSA) is 70.0 Å². The number of hydrogen-bond donors (Lipinski definition) is 2. The summed E-state index contributed by atoms with van der Waals surface area (Å²) in [6.45, 7) is 0. The van der Waals surface area contributed by atoms with E-state index in [0.717, 1.165) is 42.6 Å². The van der Waals surface area contributed by atoms with Crippen molar-refractivity contribution in [3.8, 4) is 5.75 Å². The van der Waals surface area contributed by atoms with Gasteiger partial charge in [-0.15, -0.1) is 0 Å². The van der Waals surface area contributed by atoms with Crippen molar-refractivity contribution in [3.05, 3.63) is 102 Å². The van der Waals surface area contributed by atoms with E-state index in [9.17, 15) is 15.0 Å². The Morgan fingerprint density at radius 2 is 1.40 bits per heavy atom. The molecule has 0 amide bonds. The zero-order valence-corrected chi connectivity index (χ0v) is 19.8. The average molecular weight is 470 g/mol. The third-order valence-corrected chi connectivity index (χ3v) is 7.35. The molecule has 1 unspecified atom stereocenters. The van der Waals surface area contributed by atoms with Crippen molar-refractivity contribution in [3.63, 3.8) is 0 Å². The highest BCUT2D eigenvalue weighted by Crippen LogP contribution is 2.47. The second-order valence-corrected chi connectivity index (χ2v) is 9.58. The fourth-order valence-electron chi connectivity index (χ4n) is 5.58. The minimum absolute atomic E-state index is 0.0755. The molecule has 5 nitrogen and oxygen atoms in total. The first-order chi connectivity index (χ1) is 17.1. The zero-order valence-electron chi connectivity index (χ0n) is 19.8. The monoisotopic (exact) mass is 469 g/mol. The lowest BCUT2D eigenvalue weighted by atomic mass is 9.77. The van der Waals surface area contributed by atoms with E-state index in [4.69, 9.17) is 4.74 Å². The number of hydrogen-bond acceptors (Lipinski definition) is 5. The molecule has 0 saturated heterocycles. The van der Waals surface area contributed by atoms with Crippen molar-refractivity contribution in [1.29, 1.82) is 0 Å². The lowest BCUT2D eigenvalue weighted by Gasteiger charge is -2.43. The Morgan fingerprint density at radius 1 is 0.829 bits per heavy atom. The number of para-hydroxylation sites is 2. The zero-order chi connectivity index (χ0) is 24.3. The maximum Gasteiger partial charge on any atom is 0.359 e. The van der Waals surface area contributed by atoms with Gasteiger partial charge >= 0.3 is 5.97 Å². The summed E-state index contributed by atoms with van der Waals surface area (Å²) in [5.74, 6) is 0.0373. The highest BCUT2D eigenvalue weighted by atomic mass is 16.6. The van der Waals surface area contributed by atoms with Crippen LogP contribution in [0.1, 0.15) is 44.1 Å². The van der Waals surface area contributed by atoms with Crippen molar-refractivity contribution >= 4 is 17.3 Å². The summed E-state index contributed by atoms with van der Waals surface area (Å²) in [4.78, 5) is 15.5. The first-order valence-corrected chi connectivity index (χ1v) is 12.4. The van der Waals surface area contributed by atoms with E-state index in [1.807, 2.05) is 72.8 Å². The van der Waals surface area contributed by atoms with Gasteiger partial charge in [-0.3, -0.25) is 0 Å². The van der Waals surface area contributed by atoms with Crippen LogP contribution in [0.3, 0.4) is 0 Å². The molecule has 1 fully saturated rings. The number of aromatic hydroxyl groups is 1. The number of esters is 1. The van der Waals surface area contributed by atoms with Crippen molar-refractivity contribution in [2.45, 2.75) is 50.5 Å². The molecule has 5 rings (SSSR count). The molecule has 1 aliphatic carbocycles. The number of carbonyl (C=O) groups excluding carboxylic acids is 1. The molecule has 1 atom stereocenters. The van der Waals surface area contributed by atoms with Gasteiger partial charge in [-0.25, -0.2) is 4.79 Å². The lowest BCUT2D eigenvalue weighted by molar-refractivity contribution is -0.167. The van der Waals surface area contributed by atoms with Gasteiger partial charge in [0.2, 0.25) is 0 Å². The van der Waals surface area contributed by atoms with Gasteiger partial charge in [-0.2, -0.15) is 0 Å². The van der Waals surface area contributed by atoms with Gasteiger partial charge in [0.15, 0.2) is 5.70 Å². The van der Waals surface area contributed by atoms with Crippen molar-refractivity contribution in [2.24, 2.45) is 5.92 Å². The molecule has 0 radical (unpaired) electrons. The molecule has 3 aromatic carbocycles. The van der Waals surface area contributed by atoms with Crippen LogP contribution in [-0.2, 0) is 16.0 Å². The molecular formula is C30H31NO4. The Labute approximate surface area is 206 Å². The van der Waals surface area contributed by atoms with E-state index in [0.29, 0.717) is 19.3 Å². The molecule has 1 aliphatic heterocycles. The number of rotatable bonds is 7. The molecule has 2 N–H and O–H groups in total. The van der Waals surface area contributed by atoms with Crippen molar-refractivity contribution in [1.82, 2.24) is 0 Å². The van der Waals surface area contributed by atoms with Gasteiger partial charge < -0.3 is 19.8 Å². The molecule has 0 spiro atoms. The predicted molar refractivity (Wildman–Crippen MR) is 137 cm³/mol. The molecule has 2 aliphatic rings. The summed E-state index contributed by atoms with van der Waals surface area (Å²) in [5, 5.41) is 21.1. The summed E-state index contributed by atoms with van der Waals surface area (Å²) >= 11 is 0. The molecule has 5 heteroatoms. The number of aryl methyl sites for hydroxylation is 1. The third kappa shape index (κ3) is 4.76. The van der Waals surface area contributed by atoms with Gasteiger partial charge in [-0.05, 0) is 73.6 Å². The fraction of sp³-hybridized carbons (Fsp3) is 0.300. The van der Waals surface area contributed by atoms with E-state index in [1.54, 1.807) is 17.0 Å². The van der Waals surface area contributed by atoms with E-state index in [-0.39, 0.29) is 23.1 Å². The second kappa shape index (κ2) is 9.87. The Morgan fingerprint density at radius 3 is 1.94 bits per heavy atom. The number of carbonyl (C=O) groups is 1. The number of aliphatic hydroxyl groups is 1. The molecule has 3 aromatic rings. The highest BCUT2D eigenvalue weighted by Gasteiger charge is 2.49. The normalized spacial score (nSPS) is 20.6. The highest BCUT2D eigenvalue weighted by molar-refractivity contribution is 5.97. The Kier molecular flexibility index (Phi) is 6.49. The van der Waals surface area contributed by atoms with Gasteiger partial charge in [0.25, 0.3) is 0 Å². The summed E-state index contributed by atoms with van der Waals surface area (Å²) < 4.78 is 6.36. The van der Waals surface area contributed by atoms with E-state index in [1.165, 1.54) is 0 Å². The number of cyclic esters (lactones) is 1. The quantitative estimate of drug-likeness (QED) is 0.372. The number of nitrogens with zero attached hydrogens (tertiary/aromatic N) is 1. The third-order valence-electron chi connectivity index (χ3n) is 7.35. The number of anilines is 2. The minimum Gasteiger partial charge on any atom is -0.510 e. The van der Waals surface area contributed by atoms with Crippen LogP contribution in [0.2, 0.25) is 0 Å². The van der Waals surface area contributed by atoms with Crippen LogP contribution < -0.4 is 4.90 Å². The summed E-state index contributed by atoms with van der Waals surface area (Å²) in [6, 6.07) is 26.3. The summed E-state index contributed by atoms with van der Waals surface area (Å²) in [5.41, 5.74) is 2.09. The van der Waals surface area contributed by atoms with Crippen LogP contribution in [0, 0.1) is 5.92 Å². The fourth-order valence-corrected chi connectivity index (χ4v) is 5.58. The summed E-state index contributed by atoms with van der Waals surface area (Å²) in [6.07, 6.45) is 5.84. The van der Waals surface area contributed by atoms with Gasteiger partial charge in [0, 0.05) is 17.8 Å². The largest absolute Gasteiger partial charge is 0.510 e. The van der Waals surface area contributed by atoms with E-state index >= 15 is 0 Å². The van der Waals surface area contributed by atoms with Gasteiger partial charge in [0.1, 0.15) is 17.1 Å².